The Bertz CT molecular complexity index is 1580. The number of nitrogens with zero attached hydrogens (tertiary/aromatic N) is 2. The van der Waals surface area contributed by atoms with Crippen molar-refractivity contribution in [3.05, 3.63) is 82.9 Å². The molecule has 0 radical (unpaired) electrons. The number of likely N-dealkylation sites (tertiary alicyclic amines) is 1. The number of carbonyl (C=O) groups excluding carboxylic acids is 4. The molecule has 2 aromatic rings. The average Bonchev–Trinajstić information content (AvgIpc) is 3.69. The number of unbranched alkanes of at least 4 members (excludes halogenated alkanes) is 2. The number of carbonyl (C=O) groups is 4. The second kappa shape index (κ2) is 14.6. The maximum atomic E-state index is 14.9. The quantitative estimate of drug-likeness (QED) is 0.239. The number of cyclic esters (lactones) is 1. The van der Waals surface area contributed by atoms with Gasteiger partial charge in [0.15, 0.2) is 0 Å². The van der Waals surface area contributed by atoms with Crippen LogP contribution in [0.5, 0.6) is 5.75 Å². The summed E-state index contributed by atoms with van der Waals surface area (Å²) in [5, 5.41) is 12.4. The number of methoxy groups -OCH3 is 1. The number of aliphatic hydroxyl groups is 1. The van der Waals surface area contributed by atoms with Gasteiger partial charge >= 0.3 is 5.97 Å². The third kappa shape index (κ3) is 6.40. The lowest BCUT2D eigenvalue weighted by Gasteiger charge is -2.36. The van der Waals surface area contributed by atoms with Gasteiger partial charge in [0.1, 0.15) is 30.1 Å². The third-order valence-electron chi connectivity index (χ3n) is 9.57. The summed E-state index contributed by atoms with van der Waals surface area (Å²) in [6, 6.07) is 14.6. The van der Waals surface area contributed by atoms with E-state index in [-0.39, 0.29) is 44.5 Å². The van der Waals surface area contributed by atoms with Crippen LogP contribution in [0.15, 0.2) is 77.3 Å². The molecule has 5 bridgehead atoms. The first-order chi connectivity index (χ1) is 23.3. The van der Waals surface area contributed by atoms with Crippen LogP contribution >= 0.6 is 15.9 Å². The monoisotopic (exact) mass is 721 g/mol. The van der Waals surface area contributed by atoms with Crippen molar-refractivity contribution >= 4 is 45.3 Å². The molecular formula is C36H40BrN3O8. The summed E-state index contributed by atoms with van der Waals surface area (Å²) in [7, 11) is 1.56. The molecule has 12 heteroatoms. The Morgan fingerprint density at radius 1 is 1.00 bits per heavy atom. The number of benzene rings is 2. The summed E-state index contributed by atoms with van der Waals surface area (Å²) in [6.07, 6.45) is 6.98. The van der Waals surface area contributed by atoms with Crippen LogP contribution in [0.25, 0.3) is 0 Å². The number of nitrogens with one attached hydrogen (secondary N) is 1. The van der Waals surface area contributed by atoms with E-state index < -0.39 is 47.5 Å². The summed E-state index contributed by atoms with van der Waals surface area (Å²) < 4.78 is 18.2. The zero-order valence-corrected chi connectivity index (χ0v) is 28.3. The molecular weight excluding hydrogens is 682 g/mol. The molecule has 11 nitrogen and oxygen atoms in total. The molecule has 2 fully saturated rings. The molecule has 48 heavy (non-hydrogen) atoms. The Balaban J connectivity index is 1.43. The van der Waals surface area contributed by atoms with Gasteiger partial charge in [0.25, 0.3) is 5.91 Å². The fourth-order valence-electron chi connectivity index (χ4n) is 7.26. The van der Waals surface area contributed by atoms with Crippen LogP contribution in [0.2, 0.25) is 0 Å². The number of hydrogen-bond donors (Lipinski definition) is 2. The smallest absolute Gasteiger partial charge is 0.306 e. The lowest BCUT2D eigenvalue weighted by atomic mass is 9.74. The van der Waals surface area contributed by atoms with Crippen LogP contribution in [0, 0.1) is 11.8 Å². The largest absolute Gasteiger partial charge is 0.497 e. The van der Waals surface area contributed by atoms with Crippen LogP contribution in [0.1, 0.15) is 43.7 Å². The number of anilines is 1. The van der Waals surface area contributed by atoms with Gasteiger partial charge in [-0.15, -0.1) is 0 Å². The standard InChI is InChI=1S/C36H40BrN3O8/c1-46-25-16-14-24(15-17-25)39-18-8-3-7-13-28(42)47-22-27(23-11-5-2-6-12-23)38-33(43)29-30-34(44)40(19-9-4-10-20-41)32(35(39)45)36(30)21-26(37)31(29)48-36/h2-3,5-6,8,11-12,14-17,21,27,29-32,41H,4,7,9-10,13,18-20,22H2,1H3,(H,38,43)/b8-3-/t27-,29-,30+,31-,32-,36+/m1/s1. The maximum Gasteiger partial charge on any atom is 0.306 e. The van der Waals surface area contributed by atoms with Crippen molar-refractivity contribution in [1.82, 2.24) is 10.2 Å². The van der Waals surface area contributed by atoms with Crippen molar-refractivity contribution in [2.75, 3.05) is 38.3 Å². The van der Waals surface area contributed by atoms with Gasteiger partial charge in [0.05, 0.1) is 25.0 Å². The molecule has 2 N–H and O–H groups in total. The molecule has 0 saturated carbocycles. The van der Waals surface area contributed by atoms with Gasteiger partial charge in [-0.2, -0.15) is 0 Å². The predicted molar refractivity (Wildman–Crippen MR) is 180 cm³/mol. The van der Waals surface area contributed by atoms with Gasteiger partial charge in [0.2, 0.25) is 11.8 Å². The molecule has 4 aliphatic heterocycles. The van der Waals surface area contributed by atoms with Crippen LogP contribution < -0.4 is 15.0 Å². The molecule has 2 saturated heterocycles. The van der Waals surface area contributed by atoms with Crippen molar-refractivity contribution < 1.29 is 38.5 Å². The van der Waals surface area contributed by atoms with E-state index >= 15 is 0 Å². The second-order valence-electron chi connectivity index (χ2n) is 12.5. The number of amides is 3. The summed E-state index contributed by atoms with van der Waals surface area (Å²) >= 11 is 3.61. The maximum absolute atomic E-state index is 14.9. The highest BCUT2D eigenvalue weighted by molar-refractivity contribution is 9.11. The molecule has 254 valence electrons. The topological polar surface area (TPSA) is 135 Å². The molecule has 6 rings (SSSR count). The van der Waals surface area contributed by atoms with Gasteiger partial charge in [0, 0.05) is 36.3 Å². The van der Waals surface area contributed by atoms with Gasteiger partial charge in [-0.25, -0.2) is 0 Å². The molecule has 3 amide bonds. The normalized spacial score (nSPS) is 29.7. The minimum Gasteiger partial charge on any atom is -0.497 e. The lowest BCUT2D eigenvalue weighted by molar-refractivity contribution is -0.145. The average molecular weight is 723 g/mol. The highest BCUT2D eigenvalue weighted by Crippen LogP contribution is 2.58. The Morgan fingerprint density at radius 3 is 2.50 bits per heavy atom. The second-order valence-corrected chi connectivity index (χ2v) is 13.4. The van der Waals surface area contributed by atoms with E-state index in [1.54, 1.807) is 47.3 Å². The molecule has 4 aliphatic rings. The summed E-state index contributed by atoms with van der Waals surface area (Å²) in [6.45, 7) is 0.371. The van der Waals surface area contributed by atoms with Gasteiger partial charge in [-0.1, -0.05) is 58.4 Å². The first-order valence-corrected chi connectivity index (χ1v) is 17.2. The van der Waals surface area contributed by atoms with E-state index in [1.807, 2.05) is 42.5 Å². The highest BCUT2D eigenvalue weighted by atomic mass is 79.9. The van der Waals surface area contributed by atoms with E-state index in [1.165, 1.54) is 0 Å². The number of esters is 1. The van der Waals surface area contributed by atoms with Crippen LogP contribution in [0.3, 0.4) is 0 Å². The van der Waals surface area contributed by atoms with Crippen molar-refractivity contribution in [1.29, 1.82) is 0 Å². The zero-order valence-electron chi connectivity index (χ0n) is 26.8. The van der Waals surface area contributed by atoms with Crippen molar-refractivity contribution in [2.24, 2.45) is 11.8 Å². The van der Waals surface area contributed by atoms with E-state index in [0.717, 1.165) is 5.56 Å². The van der Waals surface area contributed by atoms with E-state index in [9.17, 15) is 24.3 Å². The van der Waals surface area contributed by atoms with Crippen LogP contribution in [-0.4, -0.2) is 84.9 Å². The summed E-state index contributed by atoms with van der Waals surface area (Å²) in [5.41, 5.74) is -0.0597. The van der Waals surface area contributed by atoms with Gasteiger partial charge in [-0.05, 0) is 61.6 Å². The van der Waals surface area contributed by atoms with Crippen molar-refractivity contribution in [3.8, 4) is 5.75 Å². The van der Waals surface area contributed by atoms with Crippen LogP contribution in [0.4, 0.5) is 5.69 Å². The fraction of sp³-hybridized carbons (Fsp3) is 0.444. The first kappa shape index (κ1) is 33.9. The number of allylic oxidation sites excluding steroid dienone is 1. The molecule has 0 aromatic heterocycles. The number of halogens is 1. The number of ether oxygens (including phenoxy) is 3. The predicted octanol–water partition coefficient (Wildman–Crippen LogP) is 3.81. The van der Waals surface area contributed by atoms with Gasteiger partial charge < -0.3 is 34.4 Å². The molecule has 2 aromatic carbocycles. The Morgan fingerprint density at radius 2 is 1.77 bits per heavy atom. The molecule has 0 aliphatic carbocycles. The highest BCUT2D eigenvalue weighted by Gasteiger charge is 2.74. The fourth-order valence-corrected chi connectivity index (χ4v) is 8.00. The number of fused-ring (bicyclic) bond motifs is 2. The van der Waals surface area contributed by atoms with Crippen LogP contribution in [-0.2, 0) is 28.7 Å². The minimum absolute atomic E-state index is 0.0288. The van der Waals surface area contributed by atoms with E-state index in [4.69, 9.17) is 14.2 Å². The van der Waals surface area contributed by atoms with Crippen molar-refractivity contribution in [3.63, 3.8) is 0 Å². The molecule has 4 heterocycles. The van der Waals surface area contributed by atoms with Crippen molar-refractivity contribution in [2.45, 2.75) is 55.9 Å². The zero-order chi connectivity index (χ0) is 33.8. The number of rotatable bonds is 8. The Kier molecular flexibility index (Phi) is 10.3. The molecule has 0 unspecified atom stereocenters. The SMILES string of the molecule is COc1ccc(N2C/C=C\CCC(=O)OC[C@H](c3ccccc3)NC(=O)[C@H]3[C@@H]4O[C@@]5(C=C4Br)[C@@H]3C(=O)N(CCCCCO)[C@@H]5C2=O)cc1. The minimum atomic E-state index is -1.40. The first-order valence-electron chi connectivity index (χ1n) is 16.4. The third-order valence-corrected chi connectivity index (χ3v) is 10.2. The molecule has 1 spiro atoms. The van der Waals surface area contributed by atoms with E-state index in [0.29, 0.717) is 41.6 Å². The Labute approximate surface area is 288 Å². The van der Waals surface area contributed by atoms with Gasteiger partial charge in [-0.3, -0.25) is 19.2 Å². The Hall–Kier alpha value is -4.00. The number of aliphatic hydroxyl groups excluding tert-OH is 1. The van der Waals surface area contributed by atoms with E-state index in [2.05, 4.69) is 21.2 Å². The lowest BCUT2D eigenvalue weighted by Crippen LogP contribution is -2.56. The number of hydrogen-bond acceptors (Lipinski definition) is 8. The summed E-state index contributed by atoms with van der Waals surface area (Å²) in [4.78, 5) is 59.6. The molecule has 6 atom stereocenters. The summed E-state index contributed by atoms with van der Waals surface area (Å²) in [5.74, 6) is -2.81.